The number of alkyl halides is 3. The summed E-state index contributed by atoms with van der Waals surface area (Å²) in [6.07, 6.45) is -4.56. The molecule has 1 aromatic rings. The minimum Gasteiger partial charge on any atom is -0.481 e. The van der Waals surface area contributed by atoms with Gasteiger partial charge in [0.05, 0.1) is 23.1 Å². The highest BCUT2D eigenvalue weighted by atomic mass is 19.4. The summed E-state index contributed by atoms with van der Waals surface area (Å²) in [7, 11) is 0. The van der Waals surface area contributed by atoms with Crippen molar-refractivity contribution in [2.75, 3.05) is 5.32 Å². The third-order valence-electron chi connectivity index (χ3n) is 3.00. The molecule has 2 atom stereocenters. The molecule has 1 aromatic carbocycles. The van der Waals surface area contributed by atoms with Crippen LogP contribution in [0.5, 0.6) is 0 Å². The molecule has 8 heteroatoms. The van der Waals surface area contributed by atoms with Gasteiger partial charge < -0.3 is 10.4 Å². The van der Waals surface area contributed by atoms with E-state index >= 15 is 0 Å². The molecule has 108 valence electrons. The zero-order valence-corrected chi connectivity index (χ0v) is 9.87. The van der Waals surface area contributed by atoms with E-state index in [0.717, 1.165) is 0 Å². The van der Waals surface area contributed by atoms with Crippen LogP contribution in [0.25, 0.3) is 0 Å². The molecule has 2 N–H and O–H groups in total. The Morgan fingerprint density at radius 2 is 1.90 bits per heavy atom. The maximum absolute atomic E-state index is 13.4. The van der Waals surface area contributed by atoms with E-state index in [9.17, 15) is 27.2 Å². The van der Waals surface area contributed by atoms with Gasteiger partial charge in [-0.15, -0.1) is 0 Å². The first-order valence-electron chi connectivity index (χ1n) is 5.60. The van der Waals surface area contributed by atoms with Crippen molar-refractivity contribution in [2.45, 2.75) is 12.6 Å². The summed E-state index contributed by atoms with van der Waals surface area (Å²) < 4.78 is 50.7. The van der Waals surface area contributed by atoms with Crippen LogP contribution in [0.4, 0.5) is 23.2 Å². The van der Waals surface area contributed by atoms with Gasteiger partial charge in [0.15, 0.2) is 0 Å². The SMILES string of the molecule is O=C(Nc1cc(C(F)(F)F)ccc1F)[C@H]1C[C@H]1C(=O)O. The Morgan fingerprint density at radius 1 is 1.25 bits per heavy atom. The summed E-state index contributed by atoms with van der Waals surface area (Å²) in [5, 5.41) is 10.6. The molecule has 0 bridgehead atoms. The van der Waals surface area contributed by atoms with Crippen LogP contribution in [-0.4, -0.2) is 17.0 Å². The lowest BCUT2D eigenvalue weighted by atomic mass is 10.1. The van der Waals surface area contributed by atoms with Gasteiger partial charge >= 0.3 is 12.1 Å². The summed E-state index contributed by atoms with van der Waals surface area (Å²) in [5.41, 5.74) is -1.71. The van der Waals surface area contributed by atoms with Crippen molar-refractivity contribution in [3.8, 4) is 0 Å². The van der Waals surface area contributed by atoms with Crippen LogP contribution in [0.2, 0.25) is 0 Å². The van der Waals surface area contributed by atoms with Gasteiger partial charge in [-0.1, -0.05) is 0 Å². The zero-order chi connectivity index (χ0) is 15.1. The first-order chi connectivity index (χ1) is 9.20. The molecule has 1 aliphatic rings. The molecule has 0 aliphatic heterocycles. The molecular formula is C12H9F4NO3. The Labute approximate surface area is 110 Å². The highest BCUT2D eigenvalue weighted by molar-refractivity contribution is 5.98. The fourth-order valence-corrected chi connectivity index (χ4v) is 1.78. The minimum atomic E-state index is -4.66. The average molecular weight is 291 g/mol. The van der Waals surface area contributed by atoms with Crippen molar-refractivity contribution >= 4 is 17.6 Å². The standard InChI is InChI=1S/C12H9F4NO3/c13-8-2-1-5(12(14,15)16)3-9(8)17-10(18)6-4-7(6)11(19)20/h1-3,6-7H,4H2,(H,17,18)(H,19,20)/t6-,7+/m0/s1. The second-order valence-corrected chi connectivity index (χ2v) is 4.47. The highest BCUT2D eigenvalue weighted by Gasteiger charge is 2.48. The second-order valence-electron chi connectivity index (χ2n) is 4.47. The number of amides is 1. The third-order valence-corrected chi connectivity index (χ3v) is 3.00. The molecule has 1 amide bonds. The molecule has 2 rings (SSSR count). The Bertz CT molecular complexity index is 570. The lowest BCUT2D eigenvalue weighted by Gasteiger charge is -2.10. The maximum Gasteiger partial charge on any atom is 0.416 e. The quantitative estimate of drug-likeness (QED) is 0.841. The van der Waals surface area contributed by atoms with Crippen molar-refractivity contribution in [1.82, 2.24) is 0 Å². The first-order valence-corrected chi connectivity index (χ1v) is 5.60. The van der Waals surface area contributed by atoms with Crippen molar-refractivity contribution < 1.29 is 32.3 Å². The molecule has 0 aromatic heterocycles. The van der Waals surface area contributed by atoms with Crippen LogP contribution >= 0.6 is 0 Å². The topological polar surface area (TPSA) is 66.4 Å². The largest absolute Gasteiger partial charge is 0.481 e. The van der Waals surface area contributed by atoms with Gasteiger partial charge in [-0.25, -0.2) is 4.39 Å². The molecule has 0 radical (unpaired) electrons. The Hall–Kier alpha value is -2.12. The van der Waals surface area contributed by atoms with E-state index in [1.54, 1.807) is 0 Å². The average Bonchev–Trinajstić information content (AvgIpc) is 3.10. The van der Waals surface area contributed by atoms with E-state index in [1.165, 1.54) is 0 Å². The molecule has 0 heterocycles. The van der Waals surface area contributed by atoms with Crippen molar-refractivity contribution in [1.29, 1.82) is 0 Å². The van der Waals surface area contributed by atoms with Crippen LogP contribution in [-0.2, 0) is 15.8 Å². The normalized spacial score (nSPS) is 21.4. The zero-order valence-electron chi connectivity index (χ0n) is 9.87. The summed E-state index contributed by atoms with van der Waals surface area (Å²) in [4.78, 5) is 22.2. The van der Waals surface area contributed by atoms with Crippen molar-refractivity contribution in [3.05, 3.63) is 29.6 Å². The van der Waals surface area contributed by atoms with Gasteiger partial charge in [-0.2, -0.15) is 13.2 Å². The number of carboxylic acids is 1. The van der Waals surface area contributed by atoms with E-state index in [-0.39, 0.29) is 6.42 Å². The molecule has 4 nitrogen and oxygen atoms in total. The number of hydrogen-bond acceptors (Lipinski definition) is 2. The molecule has 0 spiro atoms. The van der Waals surface area contributed by atoms with Gasteiger partial charge in [0.2, 0.25) is 5.91 Å². The van der Waals surface area contributed by atoms with Crippen molar-refractivity contribution in [3.63, 3.8) is 0 Å². The molecular weight excluding hydrogens is 282 g/mol. The third kappa shape index (κ3) is 2.89. The van der Waals surface area contributed by atoms with Crippen LogP contribution in [0.15, 0.2) is 18.2 Å². The highest BCUT2D eigenvalue weighted by Crippen LogP contribution is 2.40. The number of carbonyl (C=O) groups excluding carboxylic acids is 1. The van der Waals surface area contributed by atoms with E-state index in [4.69, 9.17) is 5.11 Å². The number of carboxylic acid groups (broad SMARTS) is 1. The Morgan fingerprint density at radius 3 is 2.40 bits per heavy atom. The first kappa shape index (κ1) is 14.3. The summed E-state index contributed by atoms with van der Waals surface area (Å²) in [5.74, 6) is -4.66. The molecule has 1 fully saturated rings. The van der Waals surface area contributed by atoms with E-state index in [0.29, 0.717) is 18.2 Å². The second kappa shape index (κ2) is 4.77. The predicted octanol–water partition coefficient (Wildman–Crippen LogP) is 2.50. The number of benzene rings is 1. The van der Waals surface area contributed by atoms with Gasteiger partial charge in [-0.3, -0.25) is 9.59 Å². The predicted molar refractivity (Wildman–Crippen MR) is 59.3 cm³/mol. The van der Waals surface area contributed by atoms with Gasteiger partial charge in [0.25, 0.3) is 0 Å². The van der Waals surface area contributed by atoms with Crippen LogP contribution in [0.1, 0.15) is 12.0 Å². The smallest absolute Gasteiger partial charge is 0.416 e. The lowest BCUT2D eigenvalue weighted by molar-refractivity contribution is -0.139. The van der Waals surface area contributed by atoms with Crippen LogP contribution in [0.3, 0.4) is 0 Å². The monoisotopic (exact) mass is 291 g/mol. The van der Waals surface area contributed by atoms with Crippen LogP contribution in [0, 0.1) is 17.7 Å². The molecule has 1 saturated carbocycles. The van der Waals surface area contributed by atoms with E-state index < -0.39 is 47.0 Å². The number of nitrogens with one attached hydrogen (secondary N) is 1. The van der Waals surface area contributed by atoms with E-state index in [1.807, 2.05) is 5.32 Å². The molecule has 0 unspecified atom stereocenters. The minimum absolute atomic E-state index is 0.0990. The van der Waals surface area contributed by atoms with Gasteiger partial charge in [0, 0.05) is 0 Å². The number of halogens is 4. The number of aliphatic carboxylic acids is 1. The molecule has 1 aliphatic carbocycles. The van der Waals surface area contributed by atoms with Gasteiger partial charge in [0.1, 0.15) is 5.82 Å². The summed E-state index contributed by atoms with van der Waals surface area (Å²) in [6.45, 7) is 0. The number of rotatable bonds is 3. The van der Waals surface area contributed by atoms with Crippen LogP contribution < -0.4 is 5.32 Å². The number of hydrogen-bond donors (Lipinski definition) is 2. The Balaban J connectivity index is 2.14. The number of anilines is 1. The Kier molecular flexibility index (Phi) is 3.41. The fraction of sp³-hybridized carbons (Fsp3) is 0.333. The fourth-order valence-electron chi connectivity index (χ4n) is 1.78. The lowest BCUT2D eigenvalue weighted by Crippen LogP contribution is -2.18. The number of carbonyl (C=O) groups is 2. The van der Waals surface area contributed by atoms with Crippen molar-refractivity contribution in [2.24, 2.45) is 11.8 Å². The summed E-state index contributed by atoms with van der Waals surface area (Å²) >= 11 is 0. The maximum atomic E-state index is 13.4. The molecule has 0 saturated heterocycles. The van der Waals surface area contributed by atoms with Gasteiger partial charge in [-0.05, 0) is 24.6 Å². The van der Waals surface area contributed by atoms with E-state index in [2.05, 4.69) is 0 Å². The summed E-state index contributed by atoms with van der Waals surface area (Å²) in [6, 6.07) is 1.63. The molecule has 20 heavy (non-hydrogen) atoms.